The van der Waals surface area contributed by atoms with Crippen LogP contribution in [0.25, 0.3) is 10.8 Å². The molecule has 2 atom stereocenters. The fourth-order valence-corrected chi connectivity index (χ4v) is 3.38. The van der Waals surface area contributed by atoms with Crippen LogP contribution in [0.3, 0.4) is 0 Å². The second kappa shape index (κ2) is 5.58. The Balaban J connectivity index is 1.44. The minimum Gasteiger partial charge on any atom is -0.373 e. The second-order valence-corrected chi connectivity index (χ2v) is 5.91. The predicted octanol–water partition coefficient (Wildman–Crippen LogP) is 1.90. The van der Waals surface area contributed by atoms with E-state index in [0.717, 1.165) is 36.3 Å². The lowest BCUT2D eigenvalue weighted by molar-refractivity contribution is -0.0415. The van der Waals surface area contributed by atoms with Gasteiger partial charge in [0.25, 0.3) is 0 Å². The van der Waals surface area contributed by atoms with Gasteiger partial charge in [0.2, 0.25) is 0 Å². The van der Waals surface area contributed by atoms with E-state index >= 15 is 0 Å². The van der Waals surface area contributed by atoms with Gasteiger partial charge in [0, 0.05) is 29.9 Å². The van der Waals surface area contributed by atoms with Gasteiger partial charge in [0.15, 0.2) is 5.82 Å². The number of fused-ring (bicyclic) bond motifs is 2. The van der Waals surface area contributed by atoms with Crippen LogP contribution in [0.4, 0.5) is 5.82 Å². The van der Waals surface area contributed by atoms with Crippen molar-refractivity contribution in [2.45, 2.75) is 25.0 Å². The molecule has 0 radical (unpaired) electrons. The zero-order valence-corrected chi connectivity index (χ0v) is 12.0. The molecule has 4 rings (SSSR count). The molecule has 1 aromatic carbocycles. The highest BCUT2D eigenvalue weighted by atomic mass is 16.5. The monoisotopic (exact) mass is 284 g/mol. The second-order valence-electron chi connectivity index (χ2n) is 5.91. The average molecular weight is 284 g/mol. The van der Waals surface area contributed by atoms with Gasteiger partial charge in [0.05, 0.1) is 18.9 Å². The summed E-state index contributed by atoms with van der Waals surface area (Å²) in [6.07, 6.45) is 4.63. The fraction of sp³-hybridized carbons (Fsp3) is 0.500. The molecule has 1 aromatic heterocycles. The van der Waals surface area contributed by atoms with Crippen LogP contribution in [-0.2, 0) is 4.74 Å². The summed E-state index contributed by atoms with van der Waals surface area (Å²) in [5, 5.41) is 13.9. The van der Waals surface area contributed by atoms with Gasteiger partial charge in [0.1, 0.15) is 0 Å². The molecule has 2 saturated heterocycles. The summed E-state index contributed by atoms with van der Waals surface area (Å²) >= 11 is 0. The summed E-state index contributed by atoms with van der Waals surface area (Å²) in [6.45, 7) is 3.90. The van der Waals surface area contributed by atoms with E-state index in [2.05, 4.69) is 32.5 Å². The summed E-state index contributed by atoms with van der Waals surface area (Å²) in [5.41, 5.74) is 0. The topological polar surface area (TPSA) is 50.3 Å². The van der Waals surface area contributed by atoms with Gasteiger partial charge in [-0.15, -0.1) is 5.10 Å². The predicted molar refractivity (Wildman–Crippen MR) is 82.4 cm³/mol. The van der Waals surface area contributed by atoms with Gasteiger partial charge in [-0.05, 0) is 19.4 Å². The lowest BCUT2D eigenvalue weighted by Crippen LogP contribution is -2.48. The van der Waals surface area contributed by atoms with Crippen molar-refractivity contribution in [1.82, 2.24) is 15.1 Å². The Morgan fingerprint density at radius 3 is 3.29 bits per heavy atom. The van der Waals surface area contributed by atoms with Crippen LogP contribution in [0, 0.1) is 0 Å². The van der Waals surface area contributed by atoms with Crippen molar-refractivity contribution in [3.8, 4) is 0 Å². The van der Waals surface area contributed by atoms with E-state index in [1.165, 1.54) is 19.4 Å². The first-order chi connectivity index (χ1) is 10.4. The zero-order chi connectivity index (χ0) is 14.1. The molecule has 110 valence electrons. The van der Waals surface area contributed by atoms with Crippen LogP contribution >= 0.6 is 0 Å². The highest BCUT2D eigenvalue weighted by molar-refractivity contribution is 5.90. The minimum atomic E-state index is 0.236. The lowest BCUT2D eigenvalue weighted by atomic mass is 10.1. The Labute approximate surface area is 124 Å². The molecule has 0 spiro atoms. The van der Waals surface area contributed by atoms with Gasteiger partial charge in [-0.3, -0.25) is 4.90 Å². The molecule has 2 aliphatic heterocycles. The third-order valence-electron chi connectivity index (χ3n) is 4.53. The van der Waals surface area contributed by atoms with Gasteiger partial charge < -0.3 is 10.1 Å². The van der Waals surface area contributed by atoms with Gasteiger partial charge in [-0.25, -0.2) is 0 Å². The van der Waals surface area contributed by atoms with E-state index < -0.39 is 0 Å². The standard InChI is InChI=1S/C16H20N4O/c1-2-6-15-12(4-1)8-18-19-16(15)17-9-14-10-20-7-3-5-13(20)11-21-14/h1-2,4,6,8,13-14H,3,5,7,9-11H2,(H,17,19). The molecular weight excluding hydrogens is 264 g/mol. The summed E-state index contributed by atoms with van der Waals surface area (Å²) < 4.78 is 5.97. The maximum Gasteiger partial charge on any atom is 0.156 e. The van der Waals surface area contributed by atoms with E-state index in [1.54, 1.807) is 6.20 Å². The maximum atomic E-state index is 5.97. The van der Waals surface area contributed by atoms with Gasteiger partial charge in [-0.1, -0.05) is 24.3 Å². The molecule has 0 bridgehead atoms. The molecule has 5 nitrogen and oxygen atoms in total. The van der Waals surface area contributed by atoms with Crippen LogP contribution in [0.15, 0.2) is 30.5 Å². The van der Waals surface area contributed by atoms with E-state index in [-0.39, 0.29) is 6.10 Å². The van der Waals surface area contributed by atoms with E-state index in [9.17, 15) is 0 Å². The maximum absolute atomic E-state index is 5.97. The molecule has 2 aromatic rings. The number of nitrogens with zero attached hydrogens (tertiary/aromatic N) is 3. The van der Waals surface area contributed by atoms with E-state index in [4.69, 9.17) is 4.74 Å². The van der Waals surface area contributed by atoms with Crippen molar-refractivity contribution in [1.29, 1.82) is 0 Å². The molecule has 3 heterocycles. The molecule has 1 N–H and O–H groups in total. The van der Waals surface area contributed by atoms with E-state index in [1.807, 2.05) is 12.1 Å². The number of hydrogen-bond donors (Lipinski definition) is 1. The molecule has 21 heavy (non-hydrogen) atoms. The smallest absolute Gasteiger partial charge is 0.156 e. The first-order valence-corrected chi connectivity index (χ1v) is 7.70. The normalized spacial score (nSPS) is 25.9. The molecular formula is C16H20N4O. The van der Waals surface area contributed by atoms with Crippen molar-refractivity contribution >= 4 is 16.6 Å². The zero-order valence-electron chi connectivity index (χ0n) is 12.0. The van der Waals surface area contributed by atoms with E-state index in [0.29, 0.717) is 6.04 Å². The number of benzene rings is 1. The molecule has 5 heteroatoms. The Morgan fingerprint density at radius 1 is 1.33 bits per heavy atom. The Morgan fingerprint density at radius 2 is 2.29 bits per heavy atom. The van der Waals surface area contributed by atoms with Gasteiger partial charge in [-0.2, -0.15) is 5.10 Å². The molecule has 2 fully saturated rings. The summed E-state index contributed by atoms with van der Waals surface area (Å²) in [4.78, 5) is 2.56. The Bertz CT molecular complexity index is 627. The highest BCUT2D eigenvalue weighted by Crippen LogP contribution is 2.23. The first kappa shape index (κ1) is 13.0. The van der Waals surface area contributed by atoms with Crippen molar-refractivity contribution in [2.75, 3.05) is 31.6 Å². The third kappa shape index (κ3) is 2.59. The number of nitrogens with one attached hydrogen (secondary N) is 1. The fourth-order valence-electron chi connectivity index (χ4n) is 3.38. The quantitative estimate of drug-likeness (QED) is 0.933. The Kier molecular flexibility index (Phi) is 3.45. The summed E-state index contributed by atoms with van der Waals surface area (Å²) in [6, 6.07) is 8.83. The SMILES string of the molecule is c1ccc2c(NCC3CN4CCCC4CO3)nncc2c1. The minimum absolute atomic E-state index is 0.236. The third-order valence-corrected chi connectivity index (χ3v) is 4.53. The number of morpholine rings is 1. The molecule has 0 aliphatic carbocycles. The number of rotatable bonds is 3. The van der Waals surface area contributed by atoms with Crippen LogP contribution in [0.5, 0.6) is 0 Å². The molecule has 0 saturated carbocycles. The number of aromatic nitrogens is 2. The van der Waals surface area contributed by atoms with Crippen LogP contribution in [-0.4, -0.2) is 53.5 Å². The van der Waals surface area contributed by atoms with Crippen LogP contribution in [0.2, 0.25) is 0 Å². The molecule has 2 aliphatic rings. The van der Waals surface area contributed by atoms with Crippen molar-refractivity contribution < 1.29 is 4.74 Å². The van der Waals surface area contributed by atoms with Crippen molar-refractivity contribution in [3.05, 3.63) is 30.5 Å². The summed E-state index contributed by atoms with van der Waals surface area (Å²) in [5.74, 6) is 0.847. The van der Waals surface area contributed by atoms with Crippen LogP contribution < -0.4 is 5.32 Å². The lowest BCUT2D eigenvalue weighted by Gasteiger charge is -2.35. The van der Waals surface area contributed by atoms with Crippen molar-refractivity contribution in [2.24, 2.45) is 0 Å². The number of anilines is 1. The average Bonchev–Trinajstić information content (AvgIpc) is 3.00. The van der Waals surface area contributed by atoms with Crippen LogP contribution in [0.1, 0.15) is 12.8 Å². The highest BCUT2D eigenvalue weighted by Gasteiger charge is 2.32. The number of ether oxygens (including phenoxy) is 1. The number of hydrogen-bond acceptors (Lipinski definition) is 5. The largest absolute Gasteiger partial charge is 0.373 e. The Hall–Kier alpha value is -1.72. The molecule has 2 unspecified atom stereocenters. The molecule has 0 amide bonds. The summed E-state index contributed by atoms with van der Waals surface area (Å²) in [7, 11) is 0. The first-order valence-electron chi connectivity index (χ1n) is 7.70. The van der Waals surface area contributed by atoms with Crippen molar-refractivity contribution in [3.63, 3.8) is 0 Å². The van der Waals surface area contributed by atoms with Gasteiger partial charge >= 0.3 is 0 Å².